The van der Waals surface area contributed by atoms with Gasteiger partial charge in [-0.05, 0) is 26.2 Å². The molecule has 0 spiro atoms. The molecular formula is C33H57O21+. The Balaban J connectivity index is 1.22. The van der Waals surface area contributed by atoms with E-state index in [-0.39, 0.29) is 32.1 Å². The Kier molecular flexibility index (Phi) is 13.9. The quantitative estimate of drug-likeness (QED) is 0.0965. The van der Waals surface area contributed by atoms with Gasteiger partial charge < -0.3 is 105 Å². The van der Waals surface area contributed by atoms with Crippen molar-refractivity contribution in [2.24, 2.45) is 11.8 Å². The zero-order valence-corrected chi connectivity index (χ0v) is 29.5. The van der Waals surface area contributed by atoms with E-state index in [1.807, 2.05) is 0 Å². The summed E-state index contributed by atoms with van der Waals surface area (Å²) in [5.74, 6) is -1.19. The third-order valence-electron chi connectivity index (χ3n) is 12.0. The number of hydrogen-bond acceptors (Lipinski definition) is 20. The third kappa shape index (κ3) is 8.63. The lowest BCUT2D eigenvalue weighted by molar-refractivity contribution is -0.371. The molecule has 21 nitrogen and oxygen atoms in total. The maximum atomic E-state index is 11.1. The first-order chi connectivity index (χ1) is 25.5. The molecule has 8 unspecified atom stereocenters. The summed E-state index contributed by atoms with van der Waals surface area (Å²) in [4.78, 5) is 0. The molecule has 0 radical (unpaired) electrons. The Morgan fingerprint density at radius 2 is 1.07 bits per heavy atom. The number of aliphatic hydroxyl groups excluding tert-OH is 14. The molecule has 2 saturated carbocycles. The van der Waals surface area contributed by atoms with Crippen molar-refractivity contribution in [3.05, 3.63) is 0 Å². The van der Waals surface area contributed by atoms with E-state index in [1.165, 1.54) is 6.92 Å². The fourth-order valence-electron chi connectivity index (χ4n) is 8.73. The molecule has 4 aliphatic heterocycles. The minimum Gasteiger partial charge on any atom is -0.427 e. The molecule has 0 aromatic heterocycles. The Bertz CT molecular complexity index is 1190. The van der Waals surface area contributed by atoms with Crippen molar-refractivity contribution in [3.8, 4) is 0 Å². The standard InChI is InChI=1S/C33H56O21/c1-9-20(38)24(42)27(45)31(49-9)48-8-19-23(41)26(44)29(47)33(54-19)52-17-6-12-15(50-30(17)10-2-13(36)21(39)14(37)3-10)4-11(35)5-16(12)51-32-28(46)25(43)22(40)18(7-34)53-32/h9-47H,2-8H2,1H3/p+1/t9-,10?,11?,12?,13?,14?,15?,16?,17?,18+,19+,20-,21?,22+,23+,24+,25-,26-,27+,28+,29+,30?,31+,32+,33+/m0/s1. The second-order valence-corrected chi connectivity index (χ2v) is 15.7. The van der Waals surface area contributed by atoms with Crippen LogP contribution in [0.2, 0.25) is 0 Å². The predicted molar refractivity (Wildman–Crippen MR) is 172 cm³/mol. The molecule has 2 aliphatic carbocycles. The van der Waals surface area contributed by atoms with Crippen LogP contribution in [0.25, 0.3) is 0 Å². The molecule has 4 saturated heterocycles. The number of fused-ring (bicyclic) bond motifs is 1. The average Bonchev–Trinajstić information content (AvgIpc) is 3.14. The van der Waals surface area contributed by atoms with Gasteiger partial charge in [0.2, 0.25) is 0 Å². The number of rotatable bonds is 9. The monoisotopic (exact) mass is 789 g/mol. The molecule has 6 aliphatic rings. The molecular weight excluding hydrogens is 732 g/mol. The van der Waals surface area contributed by atoms with Gasteiger partial charge in [0.1, 0.15) is 79.4 Å². The van der Waals surface area contributed by atoms with Crippen molar-refractivity contribution in [1.82, 2.24) is 0 Å². The molecule has 54 heavy (non-hydrogen) atoms. The van der Waals surface area contributed by atoms with E-state index < -0.39 is 166 Å². The van der Waals surface area contributed by atoms with E-state index >= 15 is 0 Å². The highest BCUT2D eigenvalue weighted by atomic mass is 16.7. The molecule has 0 amide bonds. The summed E-state index contributed by atoms with van der Waals surface area (Å²) in [6.07, 6.45) is -31.6. The average molecular weight is 790 g/mol. The van der Waals surface area contributed by atoms with Gasteiger partial charge in [0, 0.05) is 18.8 Å². The Morgan fingerprint density at radius 3 is 1.69 bits per heavy atom. The van der Waals surface area contributed by atoms with Crippen molar-refractivity contribution in [3.63, 3.8) is 0 Å². The summed E-state index contributed by atoms with van der Waals surface area (Å²) >= 11 is 0. The van der Waals surface area contributed by atoms with Crippen molar-refractivity contribution in [2.45, 2.75) is 180 Å². The number of ether oxygens (including phenoxy) is 7. The number of aliphatic hydroxyl groups is 16. The van der Waals surface area contributed by atoms with Crippen LogP contribution >= 0.6 is 0 Å². The van der Waals surface area contributed by atoms with Crippen LogP contribution < -0.4 is 0 Å². The highest BCUT2D eigenvalue weighted by Crippen LogP contribution is 2.44. The molecule has 15 N–H and O–H groups in total. The molecule has 0 aromatic carbocycles. The Labute approximate surface area is 309 Å². The van der Waals surface area contributed by atoms with Crippen molar-refractivity contribution in [1.29, 1.82) is 0 Å². The van der Waals surface area contributed by atoms with Crippen LogP contribution in [0.15, 0.2) is 0 Å². The molecule has 314 valence electrons. The predicted octanol–water partition coefficient (Wildman–Crippen LogP) is -7.86. The maximum Gasteiger partial charge on any atom is 0.187 e. The largest absolute Gasteiger partial charge is 0.427 e. The minimum atomic E-state index is -1.84. The van der Waals surface area contributed by atoms with Crippen LogP contribution in [0.1, 0.15) is 39.0 Å². The second kappa shape index (κ2) is 17.6. The van der Waals surface area contributed by atoms with Crippen LogP contribution in [-0.2, 0) is 28.4 Å². The van der Waals surface area contributed by atoms with Gasteiger partial charge in [-0.3, -0.25) is 0 Å². The highest BCUT2D eigenvalue weighted by molar-refractivity contribution is 5.01. The second-order valence-electron chi connectivity index (χ2n) is 15.7. The van der Waals surface area contributed by atoms with Crippen LogP contribution in [0.4, 0.5) is 0 Å². The van der Waals surface area contributed by atoms with Crippen molar-refractivity contribution < 1.29 is 105 Å². The first-order valence-corrected chi connectivity index (χ1v) is 18.5. The number of hydrogen-bond donors (Lipinski definition) is 14. The minimum absolute atomic E-state index is 0.00837. The first kappa shape index (κ1) is 42.8. The zero-order chi connectivity index (χ0) is 39.3. The summed E-state index contributed by atoms with van der Waals surface area (Å²) in [6.45, 7) is 0.205. The van der Waals surface area contributed by atoms with Gasteiger partial charge in [-0.25, -0.2) is 0 Å². The van der Waals surface area contributed by atoms with Gasteiger partial charge in [-0.1, -0.05) is 0 Å². The van der Waals surface area contributed by atoms with Gasteiger partial charge in [0.25, 0.3) is 0 Å². The lowest BCUT2D eigenvalue weighted by Crippen LogP contribution is -2.64. The van der Waals surface area contributed by atoms with Crippen molar-refractivity contribution in [2.75, 3.05) is 13.2 Å². The Hall–Kier alpha value is -0.840. The van der Waals surface area contributed by atoms with Crippen molar-refractivity contribution >= 4 is 0 Å². The topological polar surface area (TPSA) is 351 Å². The van der Waals surface area contributed by atoms with Gasteiger partial charge in [-0.15, -0.1) is 0 Å². The molecule has 4 heterocycles. The fraction of sp³-hybridized carbons (Fsp3) is 1.00. The molecule has 6 rings (SSSR count). The van der Waals surface area contributed by atoms with Crippen LogP contribution in [0.5, 0.6) is 0 Å². The smallest absolute Gasteiger partial charge is 0.187 e. The molecule has 23 atom stereocenters. The summed E-state index contributed by atoms with van der Waals surface area (Å²) in [5, 5.41) is 146. The van der Waals surface area contributed by atoms with Gasteiger partial charge in [0.15, 0.2) is 31.1 Å². The summed E-state index contributed by atoms with van der Waals surface area (Å²) in [7, 11) is 0. The SMILES string of the molecule is C[C@@H]1O[C@@H](OC[C@H]2O[C@@H](OC3CC4C(O[C@@H]5O[C@H](CO)[C@@H](O)[C@H](O)[C@H]5O)CC(O)CC4[OH+]C3C3CC(O)C(O)C(O)C3)[C@H](O)[C@@H](O)[C@@H]2O)[C@H](O)[C@H](O)[C@H]1O. The highest BCUT2D eigenvalue weighted by Gasteiger charge is 2.57. The normalized spacial score (nSPS) is 55.9. The first-order valence-electron chi connectivity index (χ1n) is 18.5. The van der Waals surface area contributed by atoms with Crippen LogP contribution in [0, 0.1) is 11.8 Å². The van der Waals surface area contributed by atoms with Crippen LogP contribution in [0.3, 0.4) is 0 Å². The van der Waals surface area contributed by atoms with Crippen LogP contribution in [-0.4, -0.2) is 230 Å². The van der Waals surface area contributed by atoms with Gasteiger partial charge in [0.05, 0.1) is 49.7 Å². The van der Waals surface area contributed by atoms with Gasteiger partial charge >= 0.3 is 0 Å². The third-order valence-corrected chi connectivity index (χ3v) is 12.0. The summed E-state index contributed by atoms with van der Waals surface area (Å²) < 4.78 is 39.9. The van der Waals surface area contributed by atoms with E-state index in [0.29, 0.717) is 0 Å². The van der Waals surface area contributed by atoms with E-state index in [4.69, 9.17) is 33.2 Å². The fourth-order valence-corrected chi connectivity index (χ4v) is 8.73. The molecule has 6 fully saturated rings. The lowest BCUT2D eigenvalue weighted by Gasteiger charge is -2.50. The summed E-state index contributed by atoms with van der Waals surface area (Å²) in [6, 6.07) is 0. The molecule has 21 heteroatoms. The van der Waals surface area contributed by atoms with E-state index in [2.05, 4.69) is 0 Å². The van der Waals surface area contributed by atoms with Gasteiger partial charge in [-0.2, -0.15) is 0 Å². The molecule has 0 bridgehead atoms. The lowest BCUT2D eigenvalue weighted by atomic mass is 9.72. The zero-order valence-electron chi connectivity index (χ0n) is 29.5. The Morgan fingerprint density at radius 1 is 0.537 bits per heavy atom. The van der Waals surface area contributed by atoms with E-state index in [9.17, 15) is 71.5 Å². The summed E-state index contributed by atoms with van der Waals surface area (Å²) in [5.41, 5.74) is 0. The molecule has 0 aromatic rings. The van der Waals surface area contributed by atoms with E-state index in [1.54, 1.807) is 0 Å². The van der Waals surface area contributed by atoms with E-state index in [0.717, 1.165) is 0 Å². The maximum absolute atomic E-state index is 11.1.